The number of nitriles is 1. The molecule has 4 heterocycles. The fourth-order valence-electron chi connectivity index (χ4n) is 8.25. The van der Waals surface area contributed by atoms with E-state index in [0.717, 1.165) is 63.1 Å². The van der Waals surface area contributed by atoms with Gasteiger partial charge in [0.1, 0.15) is 0 Å². The van der Waals surface area contributed by atoms with E-state index in [1.165, 1.54) is 36.2 Å². The minimum atomic E-state index is -0.465. The third-order valence-electron chi connectivity index (χ3n) is 10.7. The number of pyridine rings is 1. The average Bonchev–Trinajstić information content (AvgIpc) is 3.68. The minimum absolute atomic E-state index is 0.0667. The van der Waals surface area contributed by atoms with E-state index >= 15 is 0 Å². The molecular weight excluding hydrogens is 504 g/mol. The van der Waals surface area contributed by atoms with E-state index in [1.807, 2.05) is 6.20 Å². The quantitative estimate of drug-likeness (QED) is 0.458. The molecule has 0 spiro atoms. The SMILES string of the molecule is C=C(Cc1cccc(C(C)C)c1)N1CCC2C1CCN2C1CCC(C#N)(c2ccc(N3CCNC3(C)C)cn2)CC1. The van der Waals surface area contributed by atoms with E-state index < -0.39 is 5.41 Å². The Morgan fingerprint density at radius 1 is 1.07 bits per heavy atom. The number of nitrogens with zero attached hydrogens (tertiary/aromatic N) is 5. The second-order valence-electron chi connectivity index (χ2n) is 13.8. The van der Waals surface area contributed by atoms with Crippen molar-refractivity contribution in [2.24, 2.45) is 0 Å². The van der Waals surface area contributed by atoms with E-state index in [-0.39, 0.29) is 5.66 Å². The van der Waals surface area contributed by atoms with Gasteiger partial charge in [-0.05, 0) is 81.5 Å². The Labute approximate surface area is 247 Å². The van der Waals surface area contributed by atoms with Crippen LogP contribution in [0.5, 0.6) is 0 Å². The van der Waals surface area contributed by atoms with Gasteiger partial charge in [0.15, 0.2) is 0 Å². The van der Waals surface area contributed by atoms with Crippen molar-refractivity contribution in [2.45, 2.75) is 108 Å². The first kappa shape index (κ1) is 28.2. The van der Waals surface area contributed by atoms with Gasteiger partial charge >= 0.3 is 0 Å². The molecule has 3 aliphatic heterocycles. The summed E-state index contributed by atoms with van der Waals surface area (Å²) in [6.07, 6.45) is 9.32. The van der Waals surface area contributed by atoms with E-state index in [1.54, 1.807) is 0 Å². The Morgan fingerprint density at radius 3 is 2.51 bits per heavy atom. The van der Waals surface area contributed by atoms with Crippen molar-refractivity contribution < 1.29 is 0 Å². The topological polar surface area (TPSA) is 58.4 Å². The molecule has 1 saturated carbocycles. The number of fused-ring (bicyclic) bond motifs is 1. The molecule has 2 unspecified atom stereocenters. The number of anilines is 1. The first-order valence-electron chi connectivity index (χ1n) is 15.9. The lowest BCUT2D eigenvalue weighted by Gasteiger charge is -2.41. The molecule has 3 saturated heterocycles. The lowest BCUT2D eigenvalue weighted by atomic mass is 9.70. The molecule has 1 aromatic heterocycles. The normalized spacial score (nSPS) is 29.6. The van der Waals surface area contributed by atoms with E-state index in [4.69, 9.17) is 4.98 Å². The second kappa shape index (κ2) is 11.1. The Bertz CT molecular complexity index is 1280. The average molecular weight is 553 g/mol. The van der Waals surface area contributed by atoms with Crippen LogP contribution in [0.2, 0.25) is 0 Å². The van der Waals surface area contributed by atoms with Crippen LogP contribution < -0.4 is 10.2 Å². The second-order valence-corrected chi connectivity index (χ2v) is 13.8. The van der Waals surface area contributed by atoms with Crippen LogP contribution in [0, 0.1) is 11.3 Å². The summed E-state index contributed by atoms with van der Waals surface area (Å²) in [6, 6.07) is 17.8. The molecule has 0 bridgehead atoms. The van der Waals surface area contributed by atoms with E-state index in [0.29, 0.717) is 24.0 Å². The number of aromatic nitrogens is 1. The zero-order valence-corrected chi connectivity index (χ0v) is 25.6. The Balaban J connectivity index is 1.07. The maximum atomic E-state index is 10.4. The Kier molecular flexibility index (Phi) is 7.63. The van der Waals surface area contributed by atoms with Gasteiger partial charge in [0.05, 0.1) is 34.7 Å². The molecular formula is C35H48N6. The summed E-state index contributed by atoms with van der Waals surface area (Å²) < 4.78 is 0. The maximum Gasteiger partial charge on any atom is 0.0994 e. The molecule has 1 N–H and O–H groups in total. The summed E-state index contributed by atoms with van der Waals surface area (Å²) in [7, 11) is 0. The first-order valence-corrected chi connectivity index (χ1v) is 15.9. The van der Waals surface area contributed by atoms with Crippen LogP contribution in [-0.4, -0.2) is 64.8 Å². The van der Waals surface area contributed by atoms with Crippen LogP contribution in [0.15, 0.2) is 54.9 Å². The molecule has 4 aliphatic rings. The molecule has 6 rings (SSSR count). The molecule has 2 atom stereocenters. The summed E-state index contributed by atoms with van der Waals surface area (Å²) in [5.41, 5.74) is 5.62. The van der Waals surface area contributed by atoms with Gasteiger partial charge in [0.2, 0.25) is 0 Å². The van der Waals surface area contributed by atoms with Crippen molar-refractivity contribution in [3.63, 3.8) is 0 Å². The van der Waals surface area contributed by atoms with Crippen molar-refractivity contribution in [3.05, 3.63) is 71.7 Å². The smallest absolute Gasteiger partial charge is 0.0994 e. The first-order chi connectivity index (χ1) is 19.7. The molecule has 41 heavy (non-hydrogen) atoms. The minimum Gasteiger partial charge on any atom is -0.370 e. The fraction of sp³-hybridized carbons (Fsp3) is 0.600. The van der Waals surface area contributed by atoms with Gasteiger partial charge in [-0.3, -0.25) is 15.2 Å². The number of benzene rings is 1. The summed E-state index contributed by atoms with van der Waals surface area (Å²) >= 11 is 0. The highest BCUT2D eigenvalue weighted by atomic mass is 15.4. The van der Waals surface area contributed by atoms with Gasteiger partial charge in [-0.1, -0.05) is 44.7 Å². The lowest BCUT2D eigenvalue weighted by Crippen LogP contribution is -2.46. The molecule has 6 heteroatoms. The van der Waals surface area contributed by atoms with Crippen molar-refractivity contribution in [3.8, 4) is 6.07 Å². The Morgan fingerprint density at radius 2 is 1.85 bits per heavy atom. The summed E-state index contributed by atoms with van der Waals surface area (Å²) in [4.78, 5) is 12.7. The maximum absolute atomic E-state index is 10.4. The number of hydrogen-bond acceptors (Lipinski definition) is 6. The van der Waals surface area contributed by atoms with Gasteiger partial charge < -0.3 is 9.80 Å². The molecule has 0 radical (unpaired) electrons. The van der Waals surface area contributed by atoms with Crippen LogP contribution >= 0.6 is 0 Å². The lowest BCUT2D eigenvalue weighted by molar-refractivity contribution is 0.121. The molecule has 1 aromatic carbocycles. The Hall–Kier alpha value is -2.88. The van der Waals surface area contributed by atoms with Gasteiger partial charge in [-0.15, -0.1) is 0 Å². The molecule has 2 aromatic rings. The third-order valence-corrected chi connectivity index (χ3v) is 10.7. The molecule has 218 valence electrons. The highest BCUT2D eigenvalue weighted by molar-refractivity contribution is 5.49. The van der Waals surface area contributed by atoms with Crippen LogP contribution in [0.1, 0.15) is 89.0 Å². The number of hydrogen-bond donors (Lipinski definition) is 1. The standard InChI is InChI=1S/C35H48N6/c1-25(2)28-8-6-7-27(22-28)21-26(3)39-18-13-32-31(39)14-19-40(32)29-11-15-35(24-36,16-12-29)33-10-9-30(23-37-33)41-20-17-38-34(41,4)5/h6-10,22-23,25,29,31-32,38H,3,11-21H2,1-2,4-5H3. The summed E-state index contributed by atoms with van der Waals surface area (Å²) in [6.45, 7) is 17.7. The summed E-state index contributed by atoms with van der Waals surface area (Å²) in [5, 5.41) is 13.9. The number of allylic oxidation sites excluding steroid dienone is 1. The monoisotopic (exact) mass is 552 g/mol. The van der Waals surface area contributed by atoms with E-state index in [9.17, 15) is 5.26 Å². The van der Waals surface area contributed by atoms with Gasteiger partial charge in [-0.25, -0.2) is 0 Å². The van der Waals surface area contributed by atoms with Crippen molar-refractivity contribution in [2.75, 3.05) is 31.1 Å². The van der Waals surface area contributed by atoms with Crippen molar-refractivity contribution in [1.29, 1.82) is 5.26 Å². The predicted molar refractivity (Wildman–Crippen MR) is 167 cm³/mol. The van der Waals surface area contributed by atoms with Crippen LogP contribution in [0.25, 0.3) is 0 Å². The van der Waals surface area contributed by atoms with Gasteiger partial charge in [0.25, 0.3) is 0 Å². The number of rotatable bonds is 7. The largest absolute Gasteiger partial charge is 0.370 e. The van der Waals surface area contributed by atoms with Crippen LogP contribution in [0.3, 0.4) is 0 Å². The zero-order valence-electron chi connectivity index (χ0n) is 25.6. The summed E-state index contributed by atoms with van der Waals surface area (Å²) in [5.74, 6) is 0.549. The molecule has 6 nitrogen and oxygen atoms in total. The molecule has 0 amide bonds. The third kappa shape index (κ3) is 5.28. The van der Waals surface area contributed by atoms with Crippen molar-refractivity contribution in [1.82, 2.24) is 20.1 Å². The van der Waals surface area contributed by atoms with Crippen LogP contribution in [0.4, 0.5) is 5.69 Å². The van der Waals surface area contributed by atoms with Crippen LogP contribution in [-0.2, 0) is 11.8 Å². The van der Waals surface area contributed by atoms with Gasteiger partial charge in [0, 0.05) is 56.4 Å². The van der Waals surface area contributed by atoms with E-state index in [2.05, 4.69) is 96.8 Å². The highest BCUT2D eigenvalue weighted by Crippen LogP contribution is 2.44. The molecule has 1 aliphatic carbocycles. The number of nitrogens with one attached hydrogen (secondary N) is 1. The highest BCUT2D eigenvalue weighted by Gasteiger charge is 2.47. The number of likely N-dealkylation sites (tertiary alicyclic amines) is 2. The van der Waals surface area contributed by atoms with Gasteiger partial charge in [-0.2, -0.15) is 5.26 Å². The fourth-order valence-corrected chi connectivity index (χ4v) is 8.25. The molecule has 4 fully saturated rings. The predicted octanol–water partition coefficient (Wildman–Crippen LogP) is 5.96. The zero-order chi connectivity index (χ0) is 28.8. The van der Waals surface area contributed by atoms with Crippen molar-refractivity contribution >= 4 is 5.69 Å².